The molecule has 0 aliphatic heterocycles. The molecule has 0 unspecified atom stereocenters. The zero-order chi connectivity index (χ0) is 14.6. The van der Waals surface area contributed by atoms with Crippen LogP contribution in [0.2, 0.25) is 0 Å². The van der Waals surface area contributed by atoms with Gasteiger partial charge in [0.05, 0.1) is 6.42 Å². The van der Waals surface area contributed by atoms with E-state index < -0.39 is 24.5 Å². The van der Waals surface area contributed by atoms with E-state index in [-0.39, 0.29) is 12.0 Å². The Morgan fingerprint density at radius 1 is 1.32 bits per heavy atom. The third-order valence-electron chi connectivity index (χ3n) is 2.55. The van der Waals surface area contributed by atoms with E-state index >= 15 is 0 Å². The van der Waals surface area contributed by atoms with Gasteiger partial charge in [-0.15, -0.1) is 0 Å². The predicted molar refractivity (Wildman–Crippen MR) is 62.5 cm³/mol. The second kappa shape index (κ2) is 5.73. The number of rotatable bonds is 4. The van der Waals surface area contributed by atoms with Gasteiger partial charge in [0.1, 0.15) is 6.54 Å². The molecule has 3 N–H and O–H groups in total. The van der Waals surface area contributed by atoms with Crippen LogP contribution in [0.3, 0.4) is 0 Å². The Balaban J connectivity index is 2.75. The molecule has 104 valence electrons. The van der Waals surface area contributed by atoms with Crippen molar-refractivity contribution in [2.45, 2.75) is 19.5 Å². The third-order valence-corrected chi connectivity index (χ3v) is 2.55. The van der Waals surface area contributed by atoms with Crippen LogP contribution in [-0.4, -0.2) is 24.5 Å². The standard InChI is InChI=1S/C12H13F3N2O2/c1-7-8(3-2-4-9(7)11(16)19)5-10(18)17-6-12(13,14)15/h2-4H,5-6H2,1H3,(H2,16,19)(H,17,18). The molecule has 1 aromatic carbocycles. The maximum absolute atomic E-state index is 11.9. The molecule has 0 fully saturated rings. The molecule has 0 heterocycles. The van der Waals surface area contributed by atoms with Crippen LogP contribution in [0, 0.1) is 6.92 Å². The van der Waals surface area contributed by atoms with Crippen LogP contribution in [0.1, 0.15) is 21.5 Å². The smallest absolute Gasteiger partial charge is 0.366 e. The number of benzene rings is 1. The summed E-state index contributed by atoms with van der Waals surface area (Å²) in [5.41, 5.74) is 6.36. The summed E-state index contributed by atoms with van der Waals surface area (Å²) in [4.78, 5) is 22.5. The van der Waals surface area contributed by atoms with E-state index in [0.29, 0.717) is 11.1 Å². The number of amides is 2. The summed E-state index contributed by atoms with van der Waals surface area (Å²) in [6, 6.07) is 4.59. The van der Waals surface area contributed by atoms with Crippen molar-refractivity contribution in [3.05, 3.63) is 34.9 Å². The molecule has 0 aromatic heterocycles. The van der Waals surface area contributed by atoms with Crippen LogP contribution >= 0.6 is 0 Å². The fraction of sp³-hybridized carbons (Fsp3) is 0.333. The molecule has 0 aliphatic rings. The van der Waals surface area contributed by atoms with Crippen molar-refractivity contribution >= 4 is 11.8 Å². The summed E-state index contributed by atoms with van der Waals surface area (Å²) >= 11 is 0. The van der Waals surface area contributed by atoms with Crippen molar-refractivity contribution in [2.24, 2.45) is 5.73 Å². The lowest BCUT2D eigenvalue weighted by molar-refractivity contribution is -0.138. The first kappa shape index (κ1) is 15.0. The van der Waals surface area contributed by atoms with E-state index in [4.69, 9.17) is 5.73 Å². The Hall–Kier alpha value is -2.05. The summed E-state index contributed by atoms with van der Waals surface area (Å²) in [5, 5.41) is 1.77. The molecule has 1 rings (SSSR count). The molecular formula is C12H13F3N2O2. The highest BCUT2D eigenvalue weighted by molar-refractivity contribution is 5.95. The monoisotopic (exact) mass is 274 g/mol. The predicted octanol–water partition coefficient (Wildman–Crippen LogP) is 1.31. The van der Waals surface area contributed by atoms with Crippen molar-refractivity contribution in [3.8, 4) is 0 Å². The molecule has 1 aromatic rings. The van der Waals surface area contributed by atoms with Gasteiger partial charge < -0.3 is 11.1 Å². The van der Waals surface area contributed by atoms with Gasteiger partial charge in [0.2, 0.25) is 11.8 Å². The summed E-state index contributed by atoms with van der Waals surface area (Å²) < 4.78 is 35.8. The lowest BCUT2D eigenvalue weighted by atomic mass is 9.99. The van der Waals surface area contributed by atoms with Gasteiger partial charge in [-0.2, -0.15) is 13.2 Å². The fourth-order valence-electron chi connectivity index (χ4n) is 1.58. The molecule has 0 saturated heterocycles. The first-order valence-corrected chi connectivity index (χ1v) is 5.42. The van der Waals surface area contributed by atoms with Crippen LogP contribution in [0.4, 0.5) is 13.2 Å². The molecule has 4 nitrogen and oxygen atoms in total. The number of primary amides is 1. The first-order chi connectivity index (χ1) is 8.70. The van der Waals surface area contributed by atoms with Crippen LogP contribution in [-0.2, 0) is 11.2 Å². The molecule has 2 amide bonds. The Labute approximate surface area is 107 Å². The van der Waals surface area contributed by atoms with Crippen LogP contribution in [0.5, 0.6) is 0 Å². The van der Waals surface area contributed by atoms with Crippen LogP contribution in [0.25, 0.3) is 0 Å². The maximum Gasteiger partial charge on any atom is 0.405 e. The van der Waals surface area contributed by atoms with E-state index in [0.717, 1.165) is 0 Å². The molecule has 0 spiro atoms. The average Bonchev–Trinajstić information content (AvgIpc) is 2.28. The Kier molecular flexibility index (Phi) is 4.52. The number of carbonyl (C=O) groups is 2. The number of nitrogens with two attached hydrogens (primary N) is 1. The van der Waals surface area contributed by atoms with E-state index in [1.165, 1.54) is 12.1 Å². The van der Waals surface area contributed by atoms with Gasteiger partial charge in [0.25, 0.3) is 0 Å². The van der Waals surface area contributed by atoms with E-state index in [2.05, 4.69) is 0 Å². The molecule has 7 heteroatoms. The minimum atomic E-state index is -4.44. The lowest BCUT2D eigenvalue weighted by Crippen LogP contribution is -2.34. The summed E-state index contributed by atoms with van der Waals surface area (Å²) in [6.07, 6.45) is -4.68. The van der Waals surface area contributed by atoms with Crippen molar-refractivity contribution < 1.29 is 22.8 Å². The lowest BCUT2D eigenvalue weighted by Gasteiger charge is -2.11. The van der Waals surface area contributed by atoms with Crippen LogP contribution in [0.15, 0.2) is 18.2 Å². The van der Waals surface area contributed by atoms with Gasteiger partial charge in [-0.05, 0) is 24.1 Å². The van der Waals surface area contributed by atoms with Crippen molar-refractivity contribution in [1.82, 2.24) is 5.32 Å². The molecular weight excluding hydrogens is 261 g/mol. The maximum atomic E-state index is 11.9. The Bertz CT molecular complexity index is 498. The number of halogens is 3. The number of hydrogen-bond acceptors (Lipinski definition) is 2. The van der Waals surface area contributed by atoms with Gasteiger partial charge >= 0.3 is 6.18 Å². The molecule has 0 bridgehead atoms. The number of alkyl halides is 3. The van der Waals surface area contributed by atoms with Gasteiger partial charge in [-0.3, -0.25) is 9.59 Å². The van der Waals surface area contributed by atoms with E-state index in [1.807, 2.05) is 0 Å². The quantitative estimate of drug-likeness (QED) is 0.869. The van der Waals surface area contributed by atoms with Gasteiger partial charge in [-0.25, -0.2) is 0 Å². The topological polar surface area (TPSA) is 72.2 Å². The molecule has 0 radical (unpaired) electrons. The normalized spacial score (nSPS) is 11.2. The molecule has 0 atom stereocenters. The summed E-state index contributed by atoms with van der Waals surface area (Å²) in [7, 11) is 0. The van der Waals surface area contributed by atoms with E-state index in [1.54, 1.807) is 18.3 Å². The van der Waals surface area contributed by atoms with Crippen molar-refractivity contribution in [3.63, 3.8) is 0 Å². The highest BCUT2D eigenvalue weighted by atomic mass is 19.4. The number of hydrogen-bond donors (Lipinski definition) is 2. The minimum absolute atomic E-state index is 0.233. The van der Waals surface area contributed by atoms with Gasteiger partial charge in [-0.1, -0.05) is 12.1 Å². The Morgan fingerprint density at radius 2 is 1.95 bits per heavy atom. The largest absolute Gasteiger partial charge is 0.405 e. The van der Waals surface area contributed by atoms with Crippen LogP contribution < -0.4 is 11.1 Å². The second-order valence-electron chi connectivity index (χ2n) is 4.02. The number of carbonyl (C=O) groups excluding carboxylic acids is 2. The molecule has 19 heavy (non-hydrogen) atoms. The first-order valence-electron chi connectivity index (χ1n) is 5.42. The second-order valence-corrected chi connectivity index (χ2v) is 4.02. The summed E-state index contributed by atoms with van der Waals surface area (Å²) in [5.74, 6) is -1.41. The van der Waals surface area contributed by atoms with Gasteiger partial charge in [0.15, 0.2) is 0 Å². The zero-order valence-corrected chi connectivity index (χ0v) is 10.2. The molecule has 0 saturated carbocycles. The van der Waals surface area contributed by atoms with Crippen molar-refractivity contribution in [2.75, 3.05) is 6.54 Å². The van der Waals surface area contributed by atoms with Gasteiger partial charge in [0, 0.05) is 5.56 Å². The minimum Gasteiger partial charge on any atom is -0.366 e. The third kappa shape index (κ3) is 4.61. The fourth-order valence-corrected chi connectivity index (χ4v) is 1.58. The zero-order valence-electron chi connectivity index (χ0n) is 10.2. The Morgan fingerprint density at radius 3 is 2.47 bits per heavy atom. The summed E-state index contributed by atoms with van der Waals surface area (Å²) in [6.45, 7) is 0.215. The number of nitrogens with one attached hydrogen (secondary N) is 1. The van der Waals surface area contributed by atoms with E-state index in [9.17, 15) is 22.8 Å². The SMILES string of the molecule is Cc1c(CC(=O)NCC(F)(F)F)cccc1C(N)=O. The van der Waals surface area contributed by atoms with Crippen molar-refractivity contribution in [1.29, 1.82) is 0 Å². The average molecular weight is 274 g/mol. The molecule has 0 aliphatic carbocycles. The highest BCUT2D eigenvalue weighted by Crippen LogP contribution is 2.15. The highest BCUT2D eigenvalue weighted by Gasteiger charge is 2.27.